The lowest BCUT2D eigenvalue weighted by Crippen LogP contribution is -2.50. The lowest BCUT2D eigenvalue weighted by atomic mass is 9.85. The zero-order valence-electron chi connectivity index (χ0n) is 22.8. The lowest BCUT2D eigenvalue weighted by molar-refractivity contribution is -0.140. The number of aromatic nitrogens is 1. The van der Waals surface area contributed by atoms with Crippen LogP contribution < -0.4 is 0 Å². The van der Waals surface area contributed by atoms with Crippen molar-refractivity contribution >= 4 is 29.2 Å². The average Bonchev–Trinajstić information content (AvgIpc) is 3.40. The number of piperidine rings is 1. The predicted molar refractivity (Wildman–Crippen MR) is 152 cm³/mol. The normalized spacial score (nSPS) is 20.8. The molecule has 1 N–H and O–H groups in total. The van der Waals surface area contributed by atoms with E-state index in [0.29, 0.717) is 54.6 Å². The van der Waals surface area contributed by atoms with E-state index in [-0.39, 0.29) is 24.5 Å². The molecule has 2 aromatic carbocycles. The molecule has 2 aliphatic heterocycles. The van der Waals surface area contributed by atoms with Gasteiger partial charge in [-0.1, -0.05) is 35.3 Å². The molecule has 0 aliphatic carbocycles. The van der Waals surface area contributed by atoms with Crippen molar-refractivity contribution in [3.8, 4) is 0 Å². The van der Waals surface area contributed by atoms with Crippen molar-refractivity contribution in [1.29, 1.82) is 0 Å². The molecule has 2 saturated heterocycles. The molecular formula is C30H30Cl2F4N4O2. The minimum atomic E-state index is -4.78. The van der Waals surface area contributed by atoms with Gasteiger partial charge < -0.3 is 14.9 Å². The quantitative estimate of drug-likeness (QED) is 0.327. The van der Waals surface area contributed by atoms with E-state index < -0.39 is 23.2 Å². The molecular weight excluding hydrogens is 595 g/mol. The second kappa shape index (κ2) is 12.0. The predicted octanol–water partition coefficient (Wildman–Crippen LogP) is 6.55. The smallest absolute Gasteiger partial charge is 0.385 e. The highest BCUT2D eigenvalue weighted by molar-refractivity contribution is 6.42. The summed E-state index contributed by atoms with van der Waals surface area (Å²) in [4.78, 5) is 23.1. The molecule has 3 aromatic rings. The highest BCUT2D eigenvalue weighted by Gasteiger charge is 2.42. The largest absolute Gasteiger partial charge is 0.419 e. The number of urea groups is 1. The van der Waals surface area contributed by atoms with Crippen molar-refractivity contribution in [2.24, 2.45) is 0 Å². The number of carbonyl (C=O) groups excluding carboxylic acids is 1. The molecule has 0 bridgehead atoms. The van der Waals surface area contributed by atoms with E-state index >= 15 is 0 Å². The van der Waals surface area contributed by atoms with E-state index in [1.54, 1.807) is 53.5 Å². The van der Waals surface area contributed by atoms with Crippen molar-refractivity contribution in [2.45, 2.75) is 43.1 Å². The maximum Gasteiger partial charge on any atom is 0.419 e. The Labute approximate surface area is 251 Å². The first-order valence-electron chi connectivity index (χ1n) is 13.5. The van der Waals surface area contributed by atoms with Gasteiger partial charge in [-0.15, -0.1) is 0 Å². The molecule has 2 amide bonds. The number of aliphatic hydroxyl groups is 1. The van der Waals surface area contributed by atoms with Crippen LogP contribution in [0, 0.1) is 5.82 Å². The fourth-order valence-corrected chi connectivity index (χ4v) is 6.28. The molecule has 224 valence electrons. The minimum Gasteiger partial charge on any atom is -0.385 e. The molecule has 3 heterocycles. The van der Waals surface area contributed by atoms with Gasteiger partial charge in [-0.3, -0.25) is 9.88 Å². The Hall–Kier alpha value is -2.92. The fourth-order valence-electron chi connectivity index (χ4n) is 5.97. The van der Waals surface area contributed by atoms with Crippen molar-refractivity contribution in [3.05, 3.63) is 99.0 Å². The topological polar surface area (TPSA) is 59.9 Å². The summed E-state index contributed by atoms with van der Waals surface area (Å²) in [5.41, 5.74) is -0.329. The van der Waals surface area contributed by atoms with E-state index in [0.717, 1.165) is 23.3 Å². The van der Waals surface area contributed by atoms with Crippen LogP contribution in [0.5, 0.6) is 0 Å². The Morgan fingerprint density at radius 2 is 1.71 bits per heavy atom. The highest BCUT2D eigenvalue weighted by Crippen LogP contribution is 2.37. The Kier molecular flexibility index (Phi) is 8.72. The maximum atomic E-state index is 14.3. The monoisotopic (exact) mass is 624 g/mol. The van der Waals surface area contributed by atoms with Crippen LogP contribution in [0.2, 0.25) is 10.0 Å². The summed E-state index contributed by atoms with van der Waals surface area (Å²) in [6, 6.07) is 11.4. The Morgan fingerprint density at radius 1 is 1.02 bits per heavy atom. The van der Waals surface area contributed by atoms with Gasteiger partial charge in [-0.05, 0) is 73.0 Å². The first-order chi connectivity index (χ1) is 19.9. The van der Waals surface area contributed by atoms with Crippen molar-refractivity contribution in [1.82, 2.24) is 19.7 Å². The molecule has 0 spiro atoms. The van der Waals surface area contributed by atoms with E-state index in [1.165, 1.54) is 6.07 Å². The van der Waals surface area contributed by atoms with Gasteiger partial charge in [-0.25, -0.2) is 9.18 Å². The number of benzene rings is 2. The average molecular weight is 625 g/mol. The maximum absolute atomic E-state index is 14.3. The summed E-state index contributed by atoms with van der Waals surface area (Å²) in [5, 5.41) is 12.0. The first kappa shape index (κ1) is 30.5. The van der Waals surface area contributed by atoms with E-state index in [9.17, 15) is 27.5 Å². The summed E-state index contributed by atoms with van der Waals surface area (Å²) < 4.78 is 53.5. The van der Waals surface area contributed by atoms with Crippen LogP contribution >= 0.6 is 23.2 Å². The van der Waals surface area contributed by atoms with Gasteiger partial charge in [-0.2, -0.15) is 13.2 Å². The van der Waals surface area contributed by atoms with Crippen molar-refractivity contribution in [2.75, 3.05) is 33.2 Å². The van der Waals surface area contributed by atoms with Gasteiger partial charge in [0.1, 0.15) is 5.82 Å². The molecule has 0 saturated carbocycles. The number of nitrogens with zero attached hydrogens (tertiary/aromatic N) is 4. The minimum absolute atomic E-state index is 0.159. The van der Waals surface area contributed by atoms with Gasteiger partial charge in [0, 0.05) is 57.1 Å². The SMILES string of the molecule is CN(Cc1ccc(C(F)(F)F)c(F)c1)[C@H]1CN(C(=O)N2CCC(O)(c3ccncc3)CC2)C[C@@H]1c1ccc(Cl)c(Cl)c1. The number of rotatable bonds is 5. The van der Waals surface area contributed by atoms with Crippen LogP contribution in [0.25, 0.3) is 0 Å². The van der Waals surface area contributed by atoms with Gasteiger partial charge in [0.25, 0.3) is 0 Å². The number of amides is 2. The first-order valence-corrected chi connectivity index (χ1v) is 14.3. The van der Waals surface area contributed by atoms with Crippen LogP contribution in [-0.2, 0) is 18.3 Å². The van der Waals surface area contributed by atoms with Gasteiger partial charge in [0.2, 0.25) is 0 Å². The molecule has 0 unspecified atom stereocenters. The molecule has 1 aromatic heterocycles. The third kappa shape index (κ3) is 6.37. The second-order valence-corrected chi connectivity index (χ2v) is 11.8. The second-order valence-electron chi connectivity index (χ2n) is 11.0. The van der Waals surface area contributed by atoms with Crippen LogP contribution in [0.15, 0.2) is 60.9 Å². The van der Waals surface area contributed by atoms with E-state index in [4.69, 9.17) is 23.2 Å². The number of likely N-dealkylation sites (N-methyl/N-ethyl adjacent to an activating group) is 1. The van der Waals surface area contributed by atoms with Crippen LogP contribution in [0.4, 0.5) is 22.4 Å². The molecule has 2 atom stereocenters. The molecule has 5 rings (SSSR count). The molecule has 6 nitrogen and oxygen atoms in total. The van der Waals surface area contributed by atoms with Gasteiger partial charge in [0.15, 0.2) is 0 Å². The summed E-state index contributed by atoms with van der Waals surface area (Å²) in [7, 11) is 1.80. The Balaban J connectivity index is 1.33. The molecule has 2 fully saturated rings. The molecule has 2 aliphatic rings. The number of carbonyl (C=O) groups is 1. The number of hydrogen-bond acceptors (Lipinski definition) is 4. The standard InChI is InChI=1S/C30H30Cl2F4N4O2/c1-38(16-19-2-4-23(26(33)14-19)30(34,35)36)27-18-40(17-22(27)20-3-5-24(31)25(32)15-20)28(41)39-12-8-29(42,9-13-39)21-6-10-37-11-7-21/h2-7,10-11,14-15,22,27,42H,8-9,12-13,16-18H2,1H3/t22-,27+/m1/s1. The summed E-state index contributed by atoms with van der Waals surface area (Å²) in [6.07, 6.45) is -0.741. The van der Waals surface area contributed by atoms with Crippen molar-refractivity contribution in [3.63, 3.8) is 0 Å². The Bertz CT molecular complexity index is 1430. The number of hydrogen-bond donors (Lipinski definition) is 1. The molecule has 0 radical (unpaired) electrons. The third-order valence-corrected chi connectivity index (χ3v) is 9.09. The van der Waals surface area contributed by atoms with Gasteiger partial charge >= 0.3 is 12.2 Å². The Morgan fingerprint density at radius 3 is 2.33 bits per heavy atom. The van der Waals surface area contributed by atoms with Crippen molar-refractivity contribution < 1.29 is 27.5 Å². The third-order valence-electron chi connectivity index (χ3n) is 8.35. The van der Waals surface area contributed by atoms with Crippen LogP contribution in [0.3, 0.4) is 0 Å². The zero-order valence-corrected chi connectivity index (χ0v) is 24.3. The number of alkyl halides is 3. The number of likely N-dealkylation sites (tertiary alicyclic amines) is 2. The van der Waals surface area contributed by atoms with Crippen LogP contribution in [0.1, 0.15) is 41.0 Å². The van der Waals surface area contributed by atoms with E-state index in [1.807, 2.05) is 11.0 Å². The number of pyridine rings is 1. The fraction of sp³-hybridized carbons (Fsp3) is 0.400. The molecule has 42 heavy (non-hydrogen) atoms. The summed E-state index contributed by atoms with van der Waals surface area (Å²) in [6.45, 7) is 1.63. The molecule has 12 heteroatoms. The summed E-state index contributed by atoms with van der Waals surface area (Å²) in [5.74, 6) is -1.51. The van der Waals surface area contributed by atoms with E-state index in [2.05, 4.69) is 4.98 Å². The lowest BCUT2D eigenvalue weighted by Gasteiger charge is -2.39. The number of halogens is 6. The van der Waals surface area contributed by atoms with Gasteiger partial charge in [0.05, 0.1) is 21.2 Å². The zero-order chi connectivity index (χ0) is 30.2. The summed E-state index contributed by atoms with van der Waals surface area (Å²) >= 11 is 12.5. The van der Waals surface area contributed by atoms with Crippen LogP contribution in [-0.4, -0.2) is 70.1 Å². The highest BCUT2D eigenvalue weighted by atomic mass is 35.5.